The van der Waals surface area contributed by atoms with Gasteiger partial charge >= 0.3 is 0 Å². The summed E-state index contributed by atoms with van der Waals surface area (Å²) in [6.07, 6.45) is 1.84. The first kappa shape index (κ1) is 16.6. The topological polar surface area (TPSA) is 91.9 Å². The van der Waals surface area contributed by atoms with Crippen molar-refractivity contribution >= 4 is 23.9 Å². The molecule has 3 heterocycles. The summed E-state index contributed by atoms with van der Waals surface area (Å²) in [4.78, 5) is 9.51. The molecule has 1 fully saturated rings. The Morgan fingerprint density at radius 3 is 2.96 bits per heavy atom. The Bertz CT molecular complexity index is 752. The number of aliphatic imine (C=N–C) groups is 1. The summed E-state index contributed by atoms with van der Waals surface area (Å²) in [6.45, 7) is 0.279. The summed E-state index contributed by atoms with van der Waals surface area (Å²) < 4.78 is 7.89. The zero-order valence-electron chi connectivity index (χ0n) is 13.5. The van der Waals surface area contributed by atoms with Gasteiger partial charge in [-0.05, 0) is 12.1 Å². The first-order chi connectivity index (χ1) is 12.2. The number of nitrogens with one attached hydrogen (secondary N) is 1. The first-order valence-corrected chi connectivity index (χ1v) is 9.22. The van der Waals surface area contributed by atoms with Crippen LogP contribution >= 0.6 is 11.8 Å². The number of aliphatic hydroxyl groups is 2. The molecule has 2 aliphatic rings. The Kier molecular flexibility index (Phi) is 4.76. The molecule has 0 spiro atoms. The molecule has 0 amide bonds. The van der Waals surface area contributed by atoms with Gasteiger partial charge in [-0.3, -0.25) is 9.56 Å². The summed E-state index contributed by atoms with van der Waals surface area (Å²) >= 11 is 1.67. The van der Waals surface area contributed by atoms with E-state index in [1.807, 2.05) is 34.9 Å². The van der Waals surface area contributed by atoms with E-state index in [0.29, 0.717) is 23.7 Å². The molecule has 0 unspecified atom stereocenters. The number of fused-ring (bicyclic) bond motifs is 1. The van der Waals surface area contributed by atoms with Crippen molar-refractivity contribution in [3.05, 3.63) is 42.4 Å². The molecule has 1 aromatic heterocycles. The van der Waals surface area contributed by atoms with Crippen LogP contribution in [0.1, 0.15) is 24.4 Å². The number of rotatable bonds is 4. The minimum Gasteiger partial charge on any atom is -0.390 e. The molecule has 4 rings (SSSR count). The Labute approximate surface area is 149 Å². The average Bonchev–Trinajstić information content (AvgIpc) is 3.16. The zero-order chi connectivity index (χ0) is 17.2. The van der Waals surface area contributed by atoms with E-state index in [9.17, 15) is 10.2 Å². The Hall–Kier alpha value is -1.87. The third-order valence-corrected chi connectivity index (χ3v) is 5.48. The van der Waals surface area contributed by atoms with Crippen molar-refractivity contribution in [2.75, 3.05) is 17.6 Å². The Morgan fingerprint density at radius 2 is 2.12 bits per heavy atom. The van der Waals surface area contributed by atoms with Gasteiger partial charge in [0.2, 0.25) is 0 Å². The molecule has 0 bridgehead atoms. The van der Waals surface area contributed by atoms with Gasteiger partial charge in [-0.2, -0.15) is 0 Å². The van der Waals surface area contributed by atoms with Gasteiger partial charge in [0.15, 0.2) is 0 Å². The molecular weight excluding hydrogens is 340 g/mol. The van der Waals surface area contributed by atoms with E-state index in [0.717, 1.165) is 4.90 Å². The number of anilines is 1. The van der Waals surface area contributed by atoms with Crippen molar-refractivity contribution < 1.29 is 14.9 Å². The van der Waals surface area contributed by atoms with Crippen LogP contribution in [-0.2, 0) is 4.74 Å². The minimum absolute atomic E-state index is 0.252. The molecule has 0 radical (unpaired) electrons. The van der Waals surface area contributed by atoms with Gasteiger partial charge in [0.25, 0.3) is 0 Å². The van der Waals surface area contributed by atoms with Gasteiger partial charge in [0, 0.05) is 17.1 Å². The number of aliphatic hydroxyl groups excluding tert-OH is 2. The number of aromatic nitrogens is 2. The van der Waals surface area contributed by atoms with Crippen LogP contribution in [0.25, 0.3) is 0 Å². The normalized spacial score (nSPS) is 28.4. The standard InChI is InChI=1S/C17H20N4O3S/c22-12-6-15(24-14(12)8-25-11-4-2-1-3-5-11)21-10-20-16-13(23)7-18-9-19-17(16)21/h1-5,9-10,12-15,22-23H,6-8H2,(H,18,19)/t12-,13+,14+,15+/m0/s1. The third-order valence-electron chi connectivity index (χ3n) is 4.38. The summed E-state index contributed by atoms with van der Waals surface area (Å²) in [7, 11) is 0. The molecule has 1 saturated heterocycles. The van der Waals surface area contributed by atoms with E-state index in [1.165, 1.54) is 0 Å². The largest absolute Gasteiger partial charge is 0.390 e. The van der Waals surface area contributed by atoms with E-state index < -0.39 is 12.2 Å². The third kappa shape index (κ3) is 3.43. The molecule has 25 heavy (non-hydrogen) atoms. The number of benzene rings is 1. The molecule has 1 aromatic carbocycles. The molecule has 3 N–H and O–H groups in total. The molecule has 0 saturated carbocycles. The van der Waals surface area contributed by atoms with E-state index in [-0.39, 0.29) is 18.9 Å². The maximum absolute atomic E-state index is 10.4. The van der Waals surface area contributed by atoms with Gasteiger partial charge in [-0.25, -0.2) is 4.98 Å². The van der Waals surface area contributed by atoms with Gasteiger partial charge < -0.3 is 20.3 Å². The molecule has 4 atom stereocenters. The fourth-order valence-corrected chi connectivity index (χ4v) is 4.07. The lowest BCUT2D eigenvalue weighted by Crippen LogP contribution is -2.23. The summed E-state index contributed by atoms with van der Waals surface area (Å²) in [6, 6.07) is 10.1. The molecular formula is C17H20N4O3S. The predicted molar refractivity (Wildman–Crippen MR) is 95.9 cm³/mol. The number of thioether (sulfide) groups is 1. The highest BCUT2D eigenvalue weighted by Gasteiger charge is 2.36. The fourth-order valence-electron chi connectivity index (χ4n) is 3.06. The Morgan fingerprint density at radius 1 is 1.28 bits per heavy atom. The van der Waals surface area contributed by atoms with E-state index >= 15 is 0 Å². The molecule has 7 nitrogen and oxygen atoms in total. The van der Waals surface area contributed by atoms with Crippen molar-refractivity contribution in [3.8, 4) is 0 Å². The number of nitrogens with zero attached hydrogens (tertiary/aromatic N) is 3. The van der Waals surface area contributed by atoms with E-state index in [2.05, 4.69) is 15.3 Å². The van der Waals surface area contributed by atoms with Gasteiger partial charge in [0.05, 0.1) is 31.4 Å². The second kappa shape index (κ2) is 7.17. The highest BCUT2D eigenvalue weighted by Crippen LogP contribution is 2.36. The van der Waals surface area contributed by atoms with Crippen LogP contribution in [0, 0.1) is 0 Å². The number of ether oxygens (including phenoxy) is 1. The lowest BCUT2D eigenvalue weighted by molar-refractivity contribution is -0.00443. The number of hydrogen-bond acceptors (Lipinski definition) is 7. The van der Waals surface area contributed by atoms with Crippen LogP contribution in [-0.4, -0.2) is 50.6 Å². The van der Waals surface area contributed by atoms with Crippen molar-refractivity contribution in [1.82, 2.24) is 9.55 Å². The molecule has 2 aromatic rings. The predicted octanol–water partition coefficient (Wildman–Crippen LogP) is 1.81. The summed E-state index contributed by atoms with van der Waals surface area (Å²) in [5.74, 6) is 1.35. The van der Waals surface area contributed by atoms with E-state index in [1.54, 1.807) is 24.4 Å². The smallest absolute Gasteiger partial charge is 0.139 e. The highest BCUT2D eigenvalue weighted by atomic mass is 32.2. The van der Waals surface area contributed by atoms with Crippen LogP contribution in [0.15, 0.2) is 46.5 Å². The number of imidazole rings is 1. The fraction of sp³-hybridized carbons (Fsp3) is 0.412. The lowest BCUT2D eigenvalue weighted by Gasteiger charge is -2.17. The van der Waals surface area contributed by atoms with Crippen molar-refractivity contribution in [3.63, 3.8) is 0 Å². The molecule has 8 heteroatoms. The van der Waals surface area contributed by atoms with Crippen LogP contribution in [0.5, 0.6) is 0 Å². The van der Waals surface area contributed by atoms with Crippen LogP contribution < -0.4 is 5.32 Å². The second-order valence-electron chi connectivity index (χ2n) is 6.10. The van der Waals surface area contributed by atoms with Crippen LogP contribution in [0.4, 0.5) is 5.82 Å². The van der Waals surface area contributed by atoms with Gasteiger partial charge in [0.1, 0.15) is 23.8 Å². The summed E-state index contributed by atoms with van der Waals surface area (Å²) in [5, 5.41) is 23.5. The second-order valence-corrected chi connectivity index (χ2v) is 7.19. The van der Waals surface area contributed by atoms with E-state index in [4.69, 9.17) is 4.74 Å². The molecule has 0 aliphatic carbocycles. The first-order valence-electron chi connectivity index (χ1n) is 8.23. The lowest BCUT2D eigenvalue weighted by atomic mass is 10.2. The van der Waals surface area contributed by atoms with Gasteiger partial charge in [-0.1, -0.05) is 18.2 Å². The summed E-state index contributed by atoms with van der Waals surface area (Å²) in [5.41, 5.74) is 0.553. The maximum atomic E-state index is 10.4. The average molecular weight is 360 g/mol. The Balaban J connectivity index is 1.46. The number of hydrogen-bond donors (Lipinski definition) is 3. The zero-order valence-corrected chi connectivity index (χ0v) is 14.3. The van der Waals surface area contributed by atoms with Crippen molar-refractivity contribution in [2.24, 2.45) is 4.99 Å². The highest BCUT2D eigenvalue weighted by molar-refractivity contribution is 7.99. The van der Waals surface area contributed by atoms with Gasteiger partial charge in [-0.15, -0.1) is 11.8 Å². The van der Waals surface area contributed by atoms with Crippen LogP contribution in [0.3, 0.4) is 0 Å². The molecule has 132 valence electrons. The van der Waals surface area contributed by atoms with Crippen molar-refractivity contribution in [2.45, 2.75) is 35.9 Å². The van der Waals surface area contributed by atoms with Crippen LogP contribution in [0.2, 0.25) is 0 Å². The molecule has 2 aliphatic heterocycles. The maximum Gasteiger partial charge on any atom is 0.139 e. The minimum atomic E-state index is -0.738. The van der Waals surface area contributed by atoms with Crippen molar-refractivity contribution in [1.29, 1.82) is 0 Å². The SMILES string of the molecule is O[C@@H]1CN=CNc2c1ncn2[C@H]1C[C@H](O)[C@@H](CSc2ccccc2)O1. The monoisotopic (exact) mass is 360 g/mol. The quantitative estimate of drug-likeness (QED) is 0.721.